The molecule has 0 fully saturated rings. The number of nitrogens with one attached hydrogen (secondary N) is 2. The van der Waals surface area contributed by atoms with Crippen LogP contribution in [0.25, 0.3) is 0 Å². The summed E-state index contributed by atoms with van der Waals surface area (Å²) in [6.07, 6.45) is 4.55. The summed E-state index contributed by atoms with van der Waals surface area (Å²) >= 11 is 0. The Bertz CT molecular complexity index is 1250. The second kappa shape index (κ2) is 16.7. The lowest BCUT2D eigenvalue weighted by Crippen LogP contribution is -2.53. The zero-order valence-corrected chi connectivity index (χ0v) is 26.9. The lowest BCUT2D eigenvalue weighted by atomic mass is 9.95. The van der Waals surface area contributed by atoms with Gasteiger partial charge in [0.25, 0.3) is 5.91 Å². The Kier molecular flexibility index (Phi) is 13.7. The van der Waals surface area contributed by atoms with Crippen molar-refractivity contribution >= 4 is 29.5 Å². The van der Waals surface area contributed by atoms with Crippen LogP contribution >= 0.6 is 0 Å². The van der Waals surface area contributed by atoms with Gasteiger partial charge in [-0.3, -0.25) is 14.4 Å². The smallest absolute Gasteiger partial charge is 0.408 e. The lowest BCUT2D eigenvalue weighted by Gasteiger charge is -2.35. The van der Waals surface area contributed by atoms with E-state index in [2.05, 4.69) is 17.6 Å². The second-order valence-corrected chi connectivity index (χ2v) is 12.2. The van der Waals surface area contributed by atoms with Crippen LogP contribution in [0.3, 0.4) is 0 Å². The predicted octanol–water partition coefficient (Wildman–Crippen LogP) is 6.25. The van der Waals surface area contributed by atoms with Crippen LogP contribution in [0.4, 0.5) is 10.5 Å². The molecule has 4 N–H and O–H groups in total. The number of rotatable bonds is 15. The summed E-state index contributed by atoms with van der Waals surface area (Å²) in [6, 6.07) is 10.9. The number of unbranched alkanes of at least 4 members (excludes halogenated alkanes) is 5. The van der Waals surface area contributed by atoms with Gasteiger partial charge < -0.3 is 26.0 Å². The van der Waals surface area contributed by atoms with E-state index in [0.29, 0.717) is 17.7 Å². The Labute approximate surface area is 256 Å². The number of nitrogens with zero attached hydrogens (tertiary/aromatic N) is 1. The van der Waals surface area contributed by atoms with E-state index in [1.807, 2.05) is 63.2 Å². The fraction of sp³-hybridized carbons (Fsp3) is 0.529. The standard InChI is InChI=1S/C34H50N4O5/c1-8-9-10-11-12-15-20-38(32(41)28(22-29(35)39)37-33(42)43-34(5,6)7)30(26-21-23(2)18-19-24(26)3)31(40)36-27-17-14-13-16-25(27)4/h13-14,16-19,21,28,30H,8-12,15,20,22H2,1-7H3,(H2,35,39)(H,36,40)(H,37,42). The highest BCUT2D eigenvalue weighted by molar-refractivity contribution is 6.00. The number of benzene rings is 2. The van der Waals surface area contributed by atoms with Gasteiger partial charge in [-0.1, -0.05) is 81.0 Å². The third-order valence-corrected chi connectivity index (χ3v) is 7.12. The van der Waals surface area contributed by atoms with Crippen molar-refractivity contribution in [3.8, 4) is 0 Å². The molecule has 0 radical (unpaired) electrons. The number of aryl methyl sites for hydroxylation is 3. The SMILES string of the molecule is CCCCCCCCN(C(=O)C(CC(N)=O)NC(=O)OC(C)(C)C)C(C(=O)Nc1ccccc1C)c1cc(C)ccc1C. The van der Waals surface area contributed by atoms with Crippen molar-refractivity contribution < 1.29 is 23.9 Å². The Morgan fingerprint density at radius 3 is 2.19 bits per heavy atom. The molecule has 0 spiro atoms. The van der Waals surface area contributed by atoms with Crippen LogP contribution in [0.2, 0.25) is 0 Å². The number of anilines is 1. The first-order chi connectivity index (χ1) is 20.2. The predicted molar refractivity (Wildman–Crippen MR) is 171 cm³/mol. The quantitative estimate of drug-likeness (QED) is 0.210. The number of ether oxygens (including phenoxy) is 1. The molecule has 2 rings (SSSR count). The number of hydrogen-bond acceptors (Lipinski definition) is 5. The van der Waals surface area contributed by atoms with Gasteiger partial charge in [0.15, 0.2) is 0 Å². The highest BCUT2D eigenvalue weighted by Gasteiger charge is 2.37. The Balaban J connectivity index is 2.59. The summed E-state index contributed by atoms with van der Waals surface area (Å²) in [6.45, 7) is 13.2. The molecule has 2 aromatic rings. The zero-order valence-electron chi connectivity index (χ0n) is 26.9. The first-order valence-electron chi connectivity index (χ1n) is 15.3. The average molecular weight is 595 g/mol. The van der Waals surface area contributed by atoms with E-state index in [1.165, 1.54) is 4.90 Å². The normalized spacial score (nSPS) is 12.6. The first-order valence-corrected chi connectivity index (χ1v) is 15.3. The number of para-hydroxylation sites is 1. The molecule has 0 aliphatic carbocycles. The van der Waals surface area contributed by atoms with Crippen molar-refractivity contribution in [3.05, 3.63) is 64.7 Å². The molecular weight excluding hydrogens is 544 g/mol. The van der Waals surface area contributed by atoms with Crippen molar-refractivity contribution in [1.29, 1.82) is 0 Å². The van der Waals surface area contributed by atoms with E-state index in [9.17, 15) is 19.2 Å². The molecule has 0 aliphatic rings. The largest absolute Gasteiger partial charge is 0.444 e. The Morgan fingerprint density at radius 2 is 1.56 bits per heavy atom. The van der Waals surface area contributed by atoms with E-state index >= 15 is 0 Å². The molecular formula is C34H50N4O5. The molecule has 0 heterocycles. The summed E-state index contributed by atoms with van der Waals surface area (Å²) in [4.78, 5) is 54.9. The Hall–Kier alpha value is -3.88. The summed E-state index contributed by atoms with van der Waals surface area (Å²) in [5, 5.41) is 5.57. The number of carbonyl (C=O) groups excluding carboxylic acids is 4. The molecule has 0 aliphatic heterocycles. The van der Waals surface area contributed by atoms with Crippen LogP contribution in [0.5, 0.6) is 0 Å². The molecule has 236 valence electrons. The van der Waals surface area contributed by atoms with Crippen molar-refractivity contribution in [2.24, 2.45) is 5.73 Å². The number of alkyl carbamates (subject to hydrolysis) is 1. The number of carbonyl (C=O) groups is 4. The minimum Gasteiger partial charge on any atom is -0.444 e. The van der Waals surface area contributed by atoms with E-state index < -0.39 is 47.9 Å². The van der Waals surface area contributed by atoms with Crippen LogP contribution in [-0.4, -0.2) is 46.9 Å². The highest BCUT2D eigenvalue weighted by Crippen LogP contribution is 2.29. The monoisotopic (exact) mass is 594 g/mol. The Morgan fingerprint density at radius 1 is 0.907 bits per heavy atom. The molecule has 2 aromatic carbocycles. The minimum atomic E-state index is -1.31. The molecule has 4 amide bonds. The van der Waals surface area contributed by atoms with Crippen LogP contribution in [0.15, 0.2) is 42.5 Å². The summed E-state index contributed by atoms with van der Waals surface area (Å²) < 4.78 is 5.38. The van der Waals surface area contributed by atoms with Gasteiger partial charge in [0.05, 0.1) is 6.42 Å². The number of hydrogen-bond donors (Lipinski definition) is 3. The third kappa shape index (κ3) is 11.7. The van der Waals surface area contributed by atoms with E-state index in [1.54, 1.807) is 20.8 Å². The molecule has 0 aromatic heterocycles. The fourth-order valence-electron chi connectivity index (χ4n) is 4.90. The van der Waals surface area contributed by atoms with Crippen LogP contribution in [0, 0.1) is 20.8 Å². The molecule has 43 heavy (non-hydrogen) atoms. The first kappa shape index (κ1) is 35.3. The highest BCUT2D eigenvalue weighted by atomic mass is 16.6. The molecule has 2 atom stereocenters. The van der Waals surface area contributed by atoms with E-state index in [0.717, 1.165) is 48.8 Å². The van der Waals surface area contributed by atoms with Crippen LogP contribution < -0.4 is 16.4 Å². The van der Waals surface area contributed by atoms with Crippen LogP contribution in [-0.2, 0) is 19.1 Å². The summed E-state index contributed by atoms with van der Waals surface area (Å²) in [5.74, 6) is -1.73. The molecule has 0 bridgehead atoms. The van der Waals surface area contributed by atoms with Gasteiger partial charge in [-0.2, -0.15) is 0 Å². The topological polar surface area (TPSA) is 131 Å². The lowest BCUT2D eigenvalue weighted by molar-refractivity contribution is -0.142. The van der Waals surface area contributed by atoms with Gasteiger partial charge >= 0.3 is 6.09 Å². The summed E-state index contributed by atoms with van der Waals surface area (Å²) in [7, 11) is 0. The number of amides is 4. The third-order valence-electron chi connectivity index (χ3n) is 7.12. The van der Waals surface area contributed by atoms with Crippen molar-refractivity contribution in [2.75, 3.05) is 11.9 Å². The number of primary amides is 1. The van der Waals surface area contributed by atoms with Crippen molar-refractivity contribution in [1.82, 2.24) is 10.2 Å². The molecule has 9 nitrogen and oxygen atoms in total. The maximum Gasteiger partial charge on any atom is 0.408 e. The maximum atomic E-state index is 14.3. The van der Waals surface area contributed by atoms with Crippen molar-refractivity contribution in [3.63, 3.8) is 0 Å². The molecule has 2 unspecified atom stereocenters. The molecule has 0 saturated carbocycles. The van der Waals surface area contributed by atoms with Crippen molar-refractivity contribution in [2.45, 2.75) is 111 Å². The fourth-order valence-corrected chi connectivity index (χ4v) is 4.90. The minimum absolute atomic E-state index is 0.245. The second-order valence-electron chi connectivity index (χ2n) is 12.2. The average Bonchev–Trinajstić information content (AvgIpc) is 2.90. The van der Waals surface area contributed by atoms with Gasteiger partial charge in [0.2, 0.25) is 11.8 Å². The maximum absolute atomic E-state index is 14.3. The van der Waals surface area contributed by atoms with Crippen LogP contribution in [0.1, 0.15) is 101 Å². The van der Waals surface area contributed by atoms with Gasteiger partial charge in [-0.25, -0.2) is 4.79 Å². The van der Waals surface area contributed by atoms with E-state index in [-0.39, 0.29) is 6.54 Å². The van der Waals surface area contributed by atoms with Gasteiger partial charge in [-0.05, 0) is 70.7 Å². The number of nitrogens with two attached hydrogens (primary N) is 1. The molecule has 0 saturated heterocycles. The van der Waals surface area contributed by atoms with Gasteiger partial charge in [0, 0.05) is 12.2 Å². The zero-order chi connectivity index (χ0) is 32.2. The van der Waals surface area contributed by atoms with Gasteiger partial charge in [0.1, 0.15) is 17.7 Å². The molecule has 9 heteroatoms. The van der Waals surface area contributed by atoms with E-state index in [4.69, 9.17) is 10.5 Å². The van der Waals surface area contributed by atoms with Gasteiger partial charge in [-0.15, -0.1) is 0 Å². The summed E-state index contributed by atoms with van der Waals surface area (Å²) in [5.41, 5.74) is 8.66.